The van der Waals surface area contributed by atoms with Gasteiger partial charge in [0.2, 0.25) is 0 Å². The molecule has 1 aromatic carbocycles. The number of aryl methyl sites for hydroxylation is 2. The topological polar surface area (TPSA) is 38.4 Å². The molecule has 1 saturated carbocycles. The Hall–Kier alpha value is -1.31. The molecule has 0 bridgehead atoms. The van der Waals surface area contributed by atoms with Crippen LogP contribution in [0.3, 0.4) is 0 Å². The number of hydrogen-bond acceptors (Lipinski definition) is 1. The summed E-state index contributed by atoms with van der Waals surface area (Å²) in [5.41, 5.74) is 8.89. The van der Waals surface area contributed by atoms with E-state index in [2.05, 4.69) is 43.1 Å². The van der Waals surface area contributed by atoms with Crippen LogP contribution in [0.4, 0.5) is 0 Å². The van der Waals surface area contributed by atoms with Crippen molar-refractivity contribution in [3.8, 4) is 0 Å². The fraction of sp³-hybridized carbons (Fsp3) is 0.696. The zero-order chi connectivity index (χ0) is 18.0. The van der Waals surface area contributed by atoms with E-state index in [9.17, 15) is 0 Å². The normalized spacial score (nSPS) is 15.6. The van der Waals surface area contributed by atoms with Crippen molar-refractivity contribution in [2.24, 2.45) is 22.1 Å². The van der Waals surface area contributed by atoms with Crippen LogP contribution >= 0.6 is 0 Å². The third kappa shape index (κ3) is 5.87. The number of benzene rings is 1. The van der Waals surface area contributed by atoms with Crippen molar-refractivity contribution in [2.75, 3.05) is 6.54 Å². The number of rotatable bonds is 12. The van der Waals surface area contributed by atoms with E-state index >= 15 is 0 Å². The highest BCUT2D eigenvalue weighted by molar-refractivity contribution is 5.50. The molecule has 0 heterocycles. The third-order valence-corrected chi connectivity index (χ3v) is 6.23. The van der Waals surface area contributed by atoms with Gasteiger partial charge in [0.05, 0.1) is 6.34 Å². The van der Waals surface area contributed by atoms with Gasteiger partial charge in [-0.15, -0.1) is 0 Å². The summed E-state index contributed by atoms with van der Waals surface area (Å²) in [6, 6.07) is 9.25. The second-order valence-corrected chi connectivity index (χ2v) is 7.97. The predicted molar refractivity (Wildman–Crippen MR) is 110 cm³/mol. The summed E-state index contributed by atoms with van der Waals surface area (Å²) < 4.78 is 0. The molecule has 1 aliphatic carbocycles. The molecule has 0 atom stereocenters. The zero-order valence-corrected chi connectivity index (χ0v) is 16.5. The van der Waals surface area contributed by atoms with Gasteiger partial charge < -0.3 is 5.73 Å². The molecule has 2 rings (SSSR count). The minimum absolute atomic E-state index is 0.605. The van der Waals surface area contributed by atoms with Crippen molar-refractivity contribution in [1.82, 2.24) is 0 Å². The fourth-order valence-electron chi connectivity index (χ4n) is 4.79. The molecule has 2 nitrogen and oxygen atoms in total. The summed E-state index contributed by atoms with van der Waals surface area (Å²) in [6.07, 6.45) is 16.1. The highest BCUT2D eigenvalue weighted by Gasteiger charge is 2.39. The Morgan fingerprint density at radius 3 is 2.32 bits per heavy atom. The first kappa shape index (κ1) is 20.0. The molecular weight excluding hydrogens is 304 g/mol. The van der Waals surface area contributed by atoms with Crippen LogP contribution in [-0.2, 0) is 12.8 Å². The second kappa shape index (κ2) is 10.6. The van der Waals surface area contributed by atoms with Crippen molar-refractivity contribution in [3.63, 3.8) is 0 Å². The summed E-state index contributed by atoms with van der Waals surface area (Å²) in [5.74, 6) is 0.990. The molecular formula is C23H38N2. The van der Waals surface area contributed by atoms with Gasteiger partial charge in [0, 0.05) is 6.54 Å². The summed E-state index contributed by atoms with van der Waals surface area (Å²) in [7, 11) is 0. The van der Waals surface area contributed by atoms with Crippen LogP contribution in [0.2, 0.25) is 0 Å². The van der Waals surface area contributed by atoms with Crippen LogP contribution in [0.1, 0.15) is 82.8 Å². The Morgan fingerprint density at radius 1 is 1.08 bits per heavy atom. The third-order valence-electron chi connectivity index (χ3n) is 6.23. The molecule has 1 fully saturated rings. The van der Waals surface area contributed by atoms with Gasteiger partial charge in [0.1, 0.15) is 0 Å². The zero-order valence-electron chi connectivity index (χ0n) is 16.5. The van der Waals surface area contributed by atoms with Gasteiger partial charge in [0.15, 0.2) is 0 Å². The maximum absolute atomic E-state index is 5.31. The van der Waals surface area contributed by atoms with E-state index in [0.29, 0.717) is 5.41 Å². The van der Waals surface area contributed by atoms with E-state index < -0.39 is 0 Å². The molecule has 1 aromatic rings. The maximum atomic E-state index is 5.31. The standard InChI is InChI=1S/C23H38N2/c1-3-14-23(15-4-2,22-11-6-12-22)16-13-21-9-5-8-20(18-21)10-7-17-25-19-24/h5,8-9,18-19,22H,3-4,6-7,10-17H2,1-2H3,(H2,24,25). The van der Waals surface area contributed by atoms with Crippen LogP contribution in [0.5, 0.6) is 0 Å². The molecule has 0 spiro atoms. The maximum Gasteiger partial charge on any atom is 0.0797 e. The number of nitrogens with two attached hydrogens (primary N) is 1. The number of aliphatic imine (C=N–C) groups is 1. The Morgan fingerprint density at radius 2 is 1.76 bits per heavy atom. The highest BCUT2D eigenvalue weighted by Crippen LogP contribution is 2.50. The Balaban J connectivity index is 1.96. The van der Waals surface area contributed by atoms with Gasteiger partial charge in [-0.3, -0.25) is 4.99 Å². The summed E-state index contributed by atoms with van der Waals surface area (Å²) in [4.78, 5) is 4.11. The summed E-state index contributed by atoms with van der Waals surface area (Å²) >= 11 is 0. The average Bonchev–Trinajstić information content (AvgIpc) is 2.56. The lowest BCUT2D eigenvalue weighted by molar-refractivity contribution is 0.0510. The molecule has 0 radical (unpaired) electrons. The molecule has 25 heavy (non-hydrogen) atoms. The lowest BCUT2D eigenvalue weighted by Crippen LogP contribution is -2.35. The summed E-state index contributed by atoms with van der Waals surface area (Å²) in [5, 5.41) is 0. The summed E-state index contributed by atoms with van der Waals surface area (Å²) in [6.45, 7) is 5.57. The van der Waals surface area contributed by atoms with E-state index in [1.807, 2.05) is 0 Å². The molecule has 0 unspecified atom stereocenters. The molecule has 1 aliphatic rings. The van der Waals surface area contributed by atoms with E-state index in [1.54, 1.807) is 0 Å². The van der Waals surface area contributed by atoms with Gasteiger partial charge in [-0.1, -0.05) is 57.4 Å². The van der Waals surface area contributed by atoms with Crippen molar-refractivity contribution in [1.29, 1.82) is 0 Å². The van der Waals surface area contributed by atoms with Crippen LogP contribution < -0.4 is 5.73 Å². The van der Waals surface area contributed by atoms with Crippen LogP contribution in [0.15, 0.2) is 29.3 Å². The van der Waals surface area contributed by atoms with Gasteiger partial charge >= 0.3 is 0 Å². The Bertz CT molecular complexity index is 511. The monoisotopic (exact) mass is 342 g/mol. The van der Waals surface area contributed by atoms with Crippen molar-refractivity contribution in [2.45, 2.75) is 84.5 Å². The Labute approximate surface area is 155 Å². The second-order valence-electron chi connectivity index (χ2n) is 7.97. The van der Waals surface area contributed by atoms with E-state index in [1.165, 1.54) is 75.3 Å². The highest BCUT2D eigenvalue weighted by atomic mass is 14.8. The van der Waals surface area contributed by atoms with E-state index in [0.717, 1.165) is 25.3 Å². The molecule has 0 aliphatic heterocycles. The first-order valence-electron chi connectivity index (χ1n) is 10.5. The van der Waals surface area contributed by atoms with E-state index in [-0.39, 0.29) is 0 Å². The lowest BCUT2D eigenvalue weighted by atomic mass is 9.59. The SMILES string of the molecule is CCCC(CCC)(CCc1cccc(CCCN=CN)c1)C1CCC1. The smallest absolute Gasteiger partial charge is 0.0797 e. The van der Waals surface area contributed by atoms with Gasteiger partial charge in [0.25, 0.3) is 0 Å². The lowest BCUT2D eigenvalue weighted by Gasteiger charge is -2.46. The molecule has 0 aromatic heterocycles. The quantitative estimate of drug-likeness (QED) is 0.285. The average molecular weight is 343 g/mol. The van der Waals surface area contributed by atoms with Gasteiger partial charge in [-0.2, -0.15) is 0 Å². The van der Waals surface area contributed by atoms with Crippen LogP contribution in [0, 0.1) is 11.3 Å². The molecule has 0 saturated heterocycles. The molecule has 2 N–H and O–H groups in total. The van der Waals surface area contributed by atoms with Gasteiger partial charge in [-0.05, 0) is 73.8 Å². The fourth-order valence-corrected chi connectivity index (χ4v) is 4.79. The van der Waals surface area contributed by atoms with Crippen molar-refractivity contribution >= 4 is 6.34 Å². The molecule has 0 amide bonds. The minimum Gasteiger partial charge on any atom is -0.390 e. The number of hydrogen-bond donors (Lipinski definition) is 1. The van der Waals surface area contributed by atoms with E-state index in [4.69, 9.17) is 5.73 Å². The Kier molecular flexibility index (Phi) is 8.51. The minimum atomic E-state index is 0.605. The first-order chi connectivity index (χ1) is 12.2. The van der Waals surface area contributed by atoms with Crippen LogP contribution in [0.25, 0.3) is 0 Å². The molecule has 2 heteroatoms. The largest absolute Gasteiger partial charge is 0.390 e. The molecule has 140 valence electrons. The first-order valence-corrected chi connectivity index (χ1v) is 10.5. The van der Waals surface area contributed by atoms with Crippen molar-refractivity contribution < 1.29 is 0 Å². The van der Waals surface area contributed by atoms with Crippen molar-refractivity contribution in [3.05, 3.63) is 35.4 Å². The van der Waals surface area contributed by atoms with Gasteiger partial charge in [-0.25, -0.2) is 0 Å². The predicted octanol–water partition coefficient (Wildman–Crippen LogP) is 5.93. The number of nitrogens with zero attached hydrogens (tertiary/aromatic N) is 1. The van der Waals surface area contributed by atoms with Crippen LogP contribution in [-0.4, -0.2) is 12.9 Å².